The molecule has 1 N–H and O–H groups in total. The molecule has 0 spiro atoms. The monoisotopic (exact) mass is 496 g/mol. The average molecular weight is 497 g/mol. The third kappa shape index (κ3) is 3.79. The lowest BCUT2D eigenvalue weighted by atomic mass is 9.37. The van der Waals surface area contributed by atoms with E-state index in [-0.39, 0.29) is 33.4 Å². The van der Waals surface area contributed by atoms with E-state index in [1.807, 2.05) is 26.8 Å². The molecule has 6 atom stereocenters. The van der Waals surface area contributed by atoms with Gasteiger partial charge < -0.3 is 5.11 Å². The lowest BCUT2D eigenvalue weighted by molar-refractivity contribution is -0.156. The number of allylic oxidation sites excluding steroid dienone is 4. The number of carbonyl (C=O) groups excluding carboxylic acids is 2. The summed E-state index contributed by atoms with van der Waals surface area (Å²) in [4.78, 5) is 37.7. The zero-order valence-electron chi connectivity index (χ0n) is 23.9. The Kier molecular flexibility index (Phi) is 6.37. The van der Waals surface area contributed by atoms with Crippen LogP contribution in [0, 0.1) is 44.3 Å². The van der Waals surface area contributed by atoms with E-state index in [4.69, 9.17) is 0 Å². The van der Waals surface area contributed by atoms with E-state index >= 15 is 0 Å². The zero-order valence-corrected chi connectivity index (χ0v) is 23.9. The van der Waals surface area contributed by atoms with E-state index in [0.717, 1.165) is 51.2 Å². The first-order valence-corrected chi connectivity index (χ1v) is 14.1. The fraction of sp³-hybridized carbons (Fsp3) is 0.781. The summed E-state index contributed by atoms with van der Waals surface area (Å²) in [5.41, 5.74) is 0.264. The van der Waals surface area contributed by atoms with Crippen LogP contribution in [0.3, 0.4) is 0 Å². The summed E-state index contributed by atoms with van der Waals surface area (Å²) in [7, 11) is 0. The van der Waals surface area contributed by atoms with E-state index < -0.39 is 16.8 Å². The van der Waals surface area contributed by atoms with Crippen LogP contribution in [0.4, 0.5) is 0 Å². The van der Waals surface area contributed by atoms with Gasteiger partial charge in [0.05, 0.1) is 11.0 Å². The standard InChI is InChI=1S/C32H48O4/c1-27(2)13-11-22-9-10-24-30(6)19-21(20-33)25(34)28(3,4)23(30)12-14-32(24,8)31(22,7)18-17-29(5,16-15-27)26(35)36/h9,19-20,23-24H,10-18H2,1-8H3,(H,35,36)/t23-,24+,29-,30-,31+,32+/m0/s1. The first kappa shape index (κ1) is 27.3. The Morgan fingerprint density at radius 3 is 2.17 bits per heavy atom. The molecule has 4 aliphatic rings. The van der Waals surface area contributed by atoms with Crippen LogP contribution in [0.15, 0.2) is 23.3 Å². The van der Waals surface area contributed by atoms with E-state index in [9.17, 15) is 19.5 Å². The molecular formula is C32H48O4. The van der Waals surface area contributed by atoms with Gasteiger partial charge in [-0.05, 0) is 98.2 Å². The largest absolute Gasteiger partial charge is 0.481 e. The van der Waals surface area contributed by atoms with Crippen molar-refractivity contribution in [3.8, 4) is 0 Å². The first-order chi connectivity index (χ1) is 16.5. The zero-order chi connectivity index (χ0) is 26.9. The van der Waals surface area contributed by atoms with Crippen molar-refractivity contribution < 1.29 is 19.5 Å². The third-order valence-corrected chi connectivity index (χ3v) is 12.2. The molecule has 36 heavy (non-hydrogen) atoms. The van der Waals surface area contributed by atoms with E-state index in [1.165, 1.54) is 5.57 Å². The highest BCUT2D eigenvalue weighted by atomic mass is 16.4. The molecule has 4 aliphatic carbocycles. The SMILES string of the molecule is CC1(C)CCC2=CC[C@@H]3[C@@]4(C)C=C(C=O)C(=O)C(C)(C)[C@@H]4CC[C@@]3(C)[C@]2(C)CC[C@@](C)(C(=O)O)CC1. The van der Waals surface area contributed by atoms with Crippen molar-refractivity contribution in [3.05, 3.63) is 23.3 Å². The van der Waals surface area contributed by atoms with Crippen LogP contribution < -0.4 is 0 Å². The van der Waals surface area contributed by atoms with Gasteiger partial charge in [-0.15, -0.1) is 0 Å². The lowest BCUT2D eigenvalue weighted by Gasteiger charge is -2.67. The molecule has 0 amide bonds. The van der Waals surface area contributed by atoms with E-state index in [2.05, 4.69) is 40.7 Å². The van der Waals surface area contributed by atoms with Crippen LogP contribution in [0.25, 0.3) is 0 Å². The van der Waals surface area contributed by atoms with Crippen LogP contribution in [0.2, 0.25) is 0 Å². The smallest absolute Gasteiger partial charge is 0.309 e. The average Bonchev–Trinajstić information content (AvgIpc) is 2.79. The number of fused-ring (bicyclic) bond motifs is 5. The molecular weight excluding hydrogens is 448 g/mol. The summed E-state index contributed by atoms with van der Waals surface area (Å²) in [6.45, 7) is 17.8. The van der Waals surface area contributed by atoms with Crippen LogP contribution in [-0.2, 0) is 14.4 Å². The van der Waals surface area contributed by atoms with Gasteiger partial charge in [0.25, 0.3) is 0 Å². The molecule has 0 unspecified atom stereocenters. The predicted molar refractivity (Wildman–Crippen MR) is 143 cm³/mol. The van der Waals surface area contributed by atoms with Crippen molar-refractivity contribution in [1.29, 1.82) is 0 Å². The van der Waals surface area contributed by atoms with Gasteiger partial charge in [-0.3, -0.25) is 14.4 Å². The Morgan fingerprint density at radius 1 is 0.917 bits per heavy atom. The Hall–Kier alpha value is -1.71. The van der Waals surface area contributed by atoms with Gasteiger partial charge >= 0.3 is 5.97 Å². The molecule has 0 heterocycles. The molecule has 200 valence electrons. The fourth-order valence-electron chi connectivity index (χ4n) is 9.14. The van der Waals surface area contributed by atoms with Gasteiger partial charge in [-0.2, -0.15) is 0 Å². The summed E-state index contributed by atoms with van der Waals surface area (Å²) in [5, 5.41) is 10.3. The Bertz CT molecular complexity index is 1030. The minimum absolute atomic E-state index is 0.0139. The second-order valence-electron chi connectivity index (χ2n) is 15.0. The van der Waals surface area contributed by atoms with Crippen molar-refractivity contribution in [1.82, 2.24) is 0 Å². The summed E-state index contributed by atoms with van der Waals surface area (Å²) < 4.78 is 0. The number of ketones is 1. The molecule has 0 aromatic rings. The van der Waals surface area contributed by atoms with E-state index in [0.29, 0.717) is 24.3 Å². The number of hydrogen-bond donors (Lipinski definition) is 1. The number of carboxylic acid groups (broad SMARTS) is 1. The van der Waals surface area contributed by atoms with Crippen molar-refractivity contribution in [2.45, 2.75) is 113 Å². The topological polar surface area (TPSA) is 71.4 Å². The molecule has 0 radical (unpaired) electrons. The predicted octanol–water partition coefficient (Wildman–Crippen LogP) is 7.57. The Balaban J connectivity index is 1.84. The van der Waals surface area contributed by atoms with Gasteiger partial charge in [-0.25, -0.2) is 0 Å². The van der Waals surface area contributed by atoms with Gasteiger partial charge in [0.2, 0.25) is 0 Å². The number of carbonyl (C=O) groups is 3. The molecule has 0 aromatic heterocycles. The van der Waals surface area contributed by atoms with Crippen LogP contribution in [-0.4, -0.2) is 23.1 Å². The summed E-state index contributed by atoms with van der Waals surface area (Å²) in [6.07, 6.45) is 13.5. The molecule has 4 nitrogen and oxygen atoms in total. The minimum atomic E-state index is -0.725. The first-order valence-electron chi connectivity index (χ1n) is 14.1. The second kappa shape index (κ2) is 8.40. The molecule has 2 saturated carbocycles. The Morgan fingerprint density at radius 2 is 1.56 bits per heavy atom. The van der Waals surface area contributed by atoms with Gasteiger partial charge in [-0.1, -0.05) is 66.2 Å². The van der Waals surface area contributed by atoms with Crippen LogP contribution in [0.1, 0.15) is 113 Å². The quantitative estimate of drug-likeness (QED) is 0.243. The van der Waals surface area contributed by atoms with Crippen LogP contribution >= 0.6 is 0 Å². The fourth-order valence-corrected chi connectivity index (χ4v) is 9.14. The normalized spacial score (nSPS) is 44.2. The highest BCUT2D eigenvalue weighted by molar-refractivity contribution is 6.15. The molecule has 2 fully saturated rings. The number of aliphatic carboxylic acids is 1. The number of hydrogen-bond acceptors (Lipinski definition) is 3. The molecule has 0 saturated heterocycles. The number of rotatable bonds is 2. The Labute approximate surface area is 218 Å². The third-order valence-electron chi connectivity index (χ3n) is 12.2. The molecule has 0 aliphatic heterocycles. The summed E-state index contributed by atoms with van der Waals surface area (Å²) >= 11 is 0. The maximum absolute atomic E-state index is 13.2. The second-order valence-corrected chi connectivity index (χ2v) is 15.0. The molecule has 4 heteroatoms. The van der Waals surface area contributed by atoms with Gasteiger partial charge in [0.1, 0.15) is 0 Å². The molecule has 0 bridgehead atoms. The van der Waals surface area contributed by atoms with Gasteiger partial charge in [0, 0.05) is 5.41 Å². The van der Waals surface area contributed by atoms with Crippen LogP contribution in [0.5, 0.6) is 0 Å². The highest BCUT2D eigenvalue weighted by Gasteiger charge is 2.65. The maximum atomic E-state index is 13.2. The van der Waals surface area contributed by atoms with Crippen molar-refractivity contribution in [2.75, 3.05) is 0 Å². The van der Waals surface area contributed by atoms with E-state index in [1.54, 1.807) is 0 Å². The van der Waals surface area contributed by atoms with Crippen molar-refractivity contribution in [2.24, 2.45) is 44.3 Å². The number of carboxylic acids is 1. The molecule has 0 aromatic carbocycles. The molecule has 4 rings (SSSR count). The van der Waals surface area contributed by atoms with Gasteiger partial charge in [0.15, 0.2) is 12.1 Å². The summed E-state index contributed by atoms with van der Waals surface area (Å²) in [6, 6.07) is 0. The number of aldehydes is 1. The van der Waals surface area contributed by atoms with Crippen molar-refractivity contribution >= 4 is 18.0 Å². The minimum Gasteiger partial charge on any atom is -0.481 e. The number of Topliss-reactive ketones (excluding diaryl/α,β-unsaturated/α-hetero) is 1. The highest BCUT2D eigenvalue weighted by Crippen LogP contribution is 2.71. The lowest BCUT2D eigenvalue weighted by Crippen LogP contribution is -2.61. The summed E-state index contributed by atoms with van der Waals surface area (Å²) in [5.74, 6) is -0.195. The maximum Gasteiger partial charge on any atom is 0.309 e. The van der Waals surface area contributed by atoms with Crippen molar-refractivity contribution in [3.63, 3.8) is 0 Å².